The van der Waals surface area contributed by atoms with Gasteiger partial charge in [-0.3, -0.25) is 4.79 Å². The van der Waals surface area contributed by atoms with E-state index < -0.39 is 22.2 Å². The summed E-state index contributed by atoms with van der Waals surface area (Å²) in [6.45, 7) is 4.50. The van der Waals surface area contributed by atoms with Crippen molar-refractivity contribution in [3.05, 3.63) is 18.2 Å². The largest absolute Gasteiger partial charge is 0.479 e. The van der Waals surface area contributed by atoms with Crippen molar-refractivity contribution in [1.82, 2.24) is 9.21 Å². The molecular formula is C16H21N3O6S. The molecule has 9 nitrogen and oxygen atoms in total. The fourth-order valence-electron chi connectivity index (χ4n) is 2.82. The Bertz CT molecular complexity index is 817. The summed E-state index contributed by atoms with van der Waals surface area (Å²) in [5.41, 5.74) is 0.333. The second-order valence-corrected chi connectivity index (χ2v) is 7.94. The van der Waals surface area contributed by atoms with Crippen molar-refractivity contribution in [3.8, 4) is 5.75 Å². The Morgan fingerprint density at radius 2 is 2.00 bits per heavy atom. The molecule has 1 aromatic rings. The Labute approximate surface area is 151 Å². The average molecular weight is 383 g/mol. The highest BCUT2D eigenvalue weighted by atomic mass is 32.2. The van der Waals surface area contributed by atoms with Crippen molar-refractivity contribution >= 4 is 27.7 Å². The number of sulfonamides is 1. The van der Waals surface area contributed by atoms with Crippen molar-refractivity contribution in [2.45, 2.75) is 24.8 Å². The van der Waals surface area contributed by atoms with Gasteiger partial charge in [0, 0.05) is 26.2 Å². The Hall–Kier alpha value is -2.33. The minimum Gasteiger partial charge on any atom is -0.479 e. The van der Waals surface area contributed by atoms with E-state index in [1.165, 1.54) is 27.4 Å². The van der Waals surface area contributed by atoms with E-state index in [1.807, 2.05) is 0 Å². The third-order valence-electron chi connectivity index (χ3n) is 4.28. The lowest BCUT2D eigenvalue weighted by molar-refractivity contribution is -0.122. The zero-order chi connectivity index (χ0) is 18.9. The summed E-state index contributed by atoms with van der Waals surface area (Å²) in [4.78, 5) is 25.0. The van der Waals surface area contributed by atoms with E-state index >= 15 is 0 Å². The third kappa shape index (κ3) is 3.47. The van der Waals surface area contributed by atoms with E-state index in [0.717, 1.165) is 0 Å². The second-order valence-electron chi connectivity index (χ2n) is 6.00. The minimum absolute atomic E-state index is 0.0688. The molecule has 2 heterocycles. The Kier molecular flexibility index (Phi) is 5.05. The standard InChI is InChI=1S/C16H21N3O6S/c1-3-24-16(21)18-6-8-19(9-7-18)26(22,23)12-4-5-14-13(10-12)17-15(20)11(2)25-14/h4-5,10-11H,3,6-9H2,1-2H3,(H,17,20). The zero-order valence-corrected chi connectivity index (χ0v) is 15.4. The maximum atomic E-state index is 12.9. The SMILES string of the molecule is CCOC(=O)N1CCN(S(=O)(=O)c2ccc3c(c2)NC(=O)C(C)O3)CC1. The van der Waals surface area contributed by atoms with Gasteiger partial charge in [0.2, 0.25) is 10.0 Å². The number of nitrogens with zero attached hydrogens (tertiary/aromatic N) is 2. The first kappa shape index (κ1) is 18.5. The maximum Gasteiger partial charge on any atom is 0.409 e. The molecule has 1 fully saturated rings. The van der Waals surface area contributed by atoms with Gasteiger partial charge >= 0.3 is 6.09 Å². The van der Waals surface area contributed by atoms with Crippen LogP contribution < -0.4 is 10.1 Å². The monoisotopic (exact) mass is 383 g/mol. The van der Waals surface area contributed by atoms with Crippen LogP contribution in [0.15, 0.2) is 23.1 Å². The van der Waals surface area contributed by atoms with Crippen LogP contribution in [0.2, 0.25) is 0 Å². The normalized spacial score (nSPS) is 20.8. The molecule has 0 spiro atoms. The number of nitrogens with one attached hydrogen (secondary N) is 1. The number of carbonyl (C=O) groups excluding carboxylic acids is 2. The van der Waals surface area contributed by atoms with Gasteiger partial charge in [-0.05, 0) is 32.0 Å². The highest BCUT2D eigenvalue weighted by molar-refractivity contribution is 7.89. The molecule has 26 heavy (non-hydrogen) atoms. The quantitative estimate of drug-likeness (QED) is 0.830. The number of ether oxygens (including phenoxy) is 2. The summed E-state index contributed by atoms with van der Waals surface area (Å²) < 4.78 is 37.4. The van der Waals surface area contributed by atoms with Crippen molar-refractivity contribution in [2.75, 3.05) is 38.1 Å². The molecule has 1 saturated heterocycles. The van der Waals surface area contributed by atoms with Crippen LogP contribution in [0.4, 0.5) is 10.5 Å². The highest BCUT2D eigenvalue weighted by Crippen LogP contribution is 2.32. The Morgan fingerprint density at radius 1 is 1.31 bits per heavy atom. The molecule has 0 aliphatic carbocycles. The van der Waals surface area contributed by atoms with Crippen LogP contribution >= 0.6 is 0 Å². The highest BCUT2D eigenvalue weighted by Gasteiger charge is 2.32. The van der Waals surface area contributed by atoms with Crippen LogP contribution in [0.5, 0.6) is 5.75 Å². The molecule has 2 amide bonds. The van der Waals surface area contributed by atoms with Crippen LogP contribution in [-0.4, -0.2) is 68.5 Å². The molecule has 0 bridgehead atoms. The lowest BCUT2D eigenvalue weighted by Crippen LogP contribution is -2.50. The van der Waals surface area contributed by atoms with Gasteiger partial charge < -0.3 is 19.7 Å². The van der Waals surface area contributed by atoms with E-state index in [9.17, 15) is 18.0 Å². The van der Waals surface area contributed by atoms with Gasteiger partial charge in [0.15, 0.2) is 6.10 Å². The molecule has 1 unspecified atom stereocenters. The smallest absolute Gasteiger partial charge is 0.409 e. The molecule has 2 aliphatic rings. The van der Waals surface area contributed by atoms with E-state index in [0.29, 0.717) is 11.4 Å². The van der Waals surface area contributed by atoms with Crippen molar-refractivity contribution in [2.24, 2.45) is 0 Å². The second kappa shape index (κ2) is 7.12. The van der Waals surface area contributed by atoms with Gasteiger partial charge in [0.1, 0.15) is 5.75 Å². The minimum atomic E-state index is -3.74. The number of rotatable bonds is 3. The Morgan fingerprint density at radius 3 is 2.65 bits per heavy atom. The molecule has 3 rings (SSSR count). The van der Waals surface area contributed by atoms with Gasteiger partial charge in [-0.1, -0.05) is 0 Å². The van der Waals surface area contributed by atoms with Gasteiger partial charge in [-0.15, -0.1) is 0 Å². The van der Waals surface area contributed by atoms with Crippen molar-refractivity contribution < 1.29 is 27.5 Å². The first-order chi connectivity index (χ1) is 12.3. The van der Waals surface area contributed by atoms with Crippen LogP contribution in [0, 0.1) is 0 Å². The number of hydrogen-bond donors (Lipinski definition) is 1. The summed E-state index contributed by atoms with van der Waals surface area (Å²) in [6.07, 6.45) is -1.06. The third-order valence-corrected chi connectivity index (χ3v) is 6.18. The number of hydrogen-bond acceptors (Lipinski definition) is 6. The van der Waals surface area contributed by atoms with Crippen molar-refractivity contribution in [1.29, 1.82) is 0 Å². The topological polar surface area (TPSA) is 105 Å². The number of anilines is 1. The number of piperazine rings is 1. The van der Waals surface area contributed by atoms with Crippen LogP contribution in [-0.2, 0) is 19.6 Å². The first-order valence-electron chi connectivity index (χ1n) is 8.36. The zero-order valence-electron chi connectivity index (χ0n) is 14.6. The fraction of sp³-hybridized carbons (Fsp3) is 0.500. The maximum absolute atomic E-state index is 12.9. The predicted octanol–water partition coefficient (Wildman–Crippen LogP) is 0.869. The summed E-state index contributed by atoms with van der Waals surface area (Å²) in [5, 5.41) is 2.64. The van der Waals surface area contributed by atoms with Gasteiger partial charge in [-0.25, -0.2) is 13.2 Å². The van der Waals surface area contributed by atoms with E-state index in [4.69, 9.17) is 9.47 Å². The average Bonchev–Trinajstić information content (AvgIpc) is 2.62. The molecule has 0 saturated carbocycles. The van der Waals surface area contributed by atoms with Gasteiger partial charge in [0.05, 0.1) is 17.2 Å². The molecule has 1 N–H and O–H groups in total. The number of benzene rings is 1. The summed E-state index contributed by atoms with van der Waals surface area (Å²) >= 11 is 0. The van der Waals surface area contributed by atoms with Crippen molar-refractivity contribution in [3.63, 3.8) is 0 Å². The molecular weight excluding hydrogens is 362 g/mol. The van der Waals surface area contributed by atoms with E-state index in [1.54, 1.807) is 13.8 Å². The molecule has 10 heteroatoms. The van der Waals surface area contributed by atoms with E-state index in [-0.39, 0.29) is 43.6 Å². The summed E-state index contributed by atoms with van der Waals surface area (Å²) in [6, 6.07) is 4.38. The molecule has 1 aromatic carbocycles. The lowest BCUT2D eigenvalue weighted by atomic mass is 10.2. The molecule has 0 radical (unpaired) electrons. The van der Waals surface area contributed by atoms with Crippen LogP contribution in [0.25, 0.3) is 0 Å². The van der Waals surface area contributed by atoms with Gasteiger partial charge in [-0.2, -0.15) is 4.31 Å². The number of fused-ring (bicyclic) bond motifs is 1. The first-order valence-corrected chi connectivity index (χ1v) is 9.80. The summed E-state index contributed by atoms with van der Waals surface area (Å²) in [5.74, 6) is 0.110. The molecule has 0 aromatic heterocycles. The number of amides is 2. The predicted molar refractivity (Wildman–Crippen MR) is 92.5 cm³/mol. The molecule has 142 valence electrons. The van der Waals surface area contributed by atoms with Crippen LogP contribution in [0.3, 0.4) is 0 Å². The molecule has 2 aliphatic heterocycles. The van der Waals surface area contributed by atoms with Crippen LogP contribution in [0.1, 0.15) is 13.8 Å². The Balaban J connectivity index is 1.74. The summed E-state index contributed by atoms with van der Waals surface area (Å²) in [7, 11) is -3.74. The fourth-order valence-corrected chi connectivity index (χ4v) is 4.27. The van der Waals surface area contributed by atoms with E-state index in [2.05, 4.69) is 5.32 Å². The lowest BCUT2D eigenvalue weighted by Gasteiger charge is -2.33. The van der Waals surface area contributed by atoms with Gasteiger partial charge in [0.25, 0.3) is 5.91 Å². The number of carbonyl (C=O) groups is 2. The molecule has 1 atom stereocenters.